The van der Waals surface area contributed by atoms with Gasteiger partial charge in [-0.2, -0.15) is 13.2 Å². The van der Waals surface area contributed by atoms with Crippen LogP contribution in [0, 0.1) is 0 Å². The van der Waals surface area contributed by atoms with Crippen molar-refractivity contribution in [2.24, 2.45) is 5.73 Å². The summed E-state index contributed by atoms with van der Waals surface area (Å²) < 4.78 is 38.6. The fourth-order valence-electron chi connectivity index (χ4n) is 2.46. The lowest BCUT2D eigenvalue weighted by Gasteiger charge is -2.31. The van der Waals surface area contributed by atoms with E-state index >= 15 is 0 Å². The maximum absolute atomic E-state index is 12.9. The van der Waals surface area contributed by atoms with E-state index in [4.69, 9.17) is 5.73 Å². The number of nitrogens with two attached hydrogens (primary N) is 1. The zero-order valence-electron chi connectivity index (χ0n) is 11.0. The minimum absolute atomic E-state index is 0.0177. The molecule has 1 aromatic rings. The van der Waals surface area contributed by atoms with Crippen molar-refractivity contribution in [2.75, 3.05) is 13.1 Å². The van der Waals surface area contributed by atoms with E-state index in [1.165, 1.54) is 18.2 Å². The summed E-state index contributed by atoms with van der Waals surface area (Å²) >= 11 is 0. The SMILES string of the molecule is N[C@H]1CCCN(C(=O)Cc2ccccc2C(F)(F)F)C1. The van der Waals surface area contributed by atoms with Crippen LogP contribution < -0.4 is 5.73 Å². The van der Waals surface area contributed by atoms with E-state index in [1.54, 1.807) is 4.90 Å². The van der Waals surface area contributed by atoms with Gasteiger partial charge in [0.25, 0.3) is 0 Å². The van der Waals surface area contributed by atoms with E-state index in [0.717, 1.165) is 18.9 Å². The number of carbonyl (C=O) groups is 1. The number of rotatable bonds is 2. The molecule has 1 aliphatic rings. The van der Waals surface area contributed by atoms with Gasteiger partial charge in [0, 0.05) is 19.1 Å². The van der Waals surface area contributed by atoms with E-state index in [9.17, 15) is 18.0 Å². The molecule has 0 radical (unpaired) electrons. The molecular weight excluding hydrogens is 269 g/mol. The molecule has 1 fully saturated rings. The second-order valence-electron chi connectivity index (χ2n) is 5.07. The number of nitrogens with zero attached hydrogens (tertiary/aromatic N) is 1. The summed E-state index contributed by atoms with van der Waals surface area (Å²) in [7, 11) is 0. The van der Waals surface area contributed by atoms with Gasteiger partial charge in [-0.1, -0.05) is 18.2 Å². The van der Waals surface area contributed by atoms with E-state index in [1.807, 2.05) is 0 Å². The second-order valence-corrected chi connectivity index (χ2v) is 5.07. The normalized spacial score (nSPS) is 20.0. The molecule has 0 aromatic heterocycles. The summed E-state index contributed by atoms with van der Waals surface area (Å²) in [5.41, 5.74) is 5.06. The third-order valence-electron chi connectivity index (χ3n) is 3.47. The highest BCUT2D eigenvalue weighted by atomic mass is 19.4. The number of hydrogen-bond acceptors (Lipinski definition) is 2. The van der Waals surface area contributed by atoms with Gasteiger partial charge in [0.1, 0.15) is 0 Å². The van der Waals surface area contributed by atoms with Crippen LogP contribution in [0.2, 0.25) is 0 Å². The quantitative estimate of drug-likeness (QED) is 0.906. The molecule has 1 atom stereocenters. The van der Waals surface area contributed by atoms with Crippen molar-refractivity contribution in [3.05, 3.63) is 35.4 Å². The predicted octanol–water partition coefficient (Wildman–Crippen LogP) is 2.20. The van der Waals surface area contributed by atoms with E-state index < -0.39 is 11.7 Å². The third-order valence-corrected chi connectivity index (χ3v) is 3.47. The van der Waals surface area contributed by atoms with Gasteiger partial charge in [-0.05, 0) is 24.5 Å². The van der Waals surface area contributed by atoms with Gasteiger partial charge in [-0.3, -0.25) is 4.79 Å². The van der Waals surface area contributed by atoms with Crippen molar-refractivity contribution in [1.82, 2.24) is 4.90 Å². The molecule has 20 heavy (non-hydrogen) atoms. The molecule has 6 heteroatoms. The highest BCUT2D eigenvalue weighted by molar-refractivity contribution is 5.79. The highest BCUT2D eigenvalue weighted by Gasteiger charge is 2.33. The Labute approximate surface area is 115 Å². The van der Waals surface area contributed by atoms with Crippen molar-refractivity contribution in [2.45, 2.75) is 31.5 Å². The number of hydrogen-bond donors (Lipinski definition) is 1. The van der Waals surface area contributed by atoms with Gasteiger partial charge in [0.2, 0.25) is 5.91 Å². The number of likely N-dealkylation sites (tertiary alicyclic amines) is 1. The Balaban J connectivity index is 2.12. The zero-order chi connectivity index (χ0) is 14.8. The number of piperidine rings is 1. The van der Waals surface area contributed by atoms with Gasteiger partial charge in [0.05, 0.1) is 12.0 Å². The maximum atomic E-state index is 12.9. The van der Waals surface area contributed by atoms with Gasteiger partial charge in [-0.25, -0.2) is 0 Å². The fourth-order valence-corrected chi connectivity index (χ4v) is 2.46. The Morgan fingerprint density at radius 2 is 2.05 bits per heavy atom. The number of benzene rings is 1. The minimum Gasteiger partial charge on any atom is -0.341 e. The van der Waals surface area contributed by atoms with E-state index in [0.29, 0.717) is 13.1 Å². The summed E-state index contributed by atoms with van der Waals surface area (Å²) in [4.78, 5) is 13.7. The number of halogens is 3. The Hall–Kier alpha value is -1.56. The maximum Gasteiger partial charge on any atom is 0.416 e. The molecule has 0 spiro atoms. The lowest BCUT2D eigenvalue weighted by molar-refractivity contribution is -0.138. The standard InChI is InChI=1S/C14H17F3N2O/c15-14(16,17)12-6-2-1-4-10(12)8-13(20)19-7-3-5-11(18)9-19/h1-2,4,6,11H,3,5,7-9,18H2/t11-/m0/s1. The highest BCUT2D eigenvalue weighted by Crippen LogP contribution is 2.32. The molecule has 2 N–H and O–H groups in total. The number of carbonyl (C=O) groups excluding carboxylic acids is 1. The van der Waals surface area contributed by atoms with Crippen LogP contribution in [-0.4, -0.2) is 29.9 Å². The van der Waals surface area contributed by atoms with E-state index in [-0.39, 0.29) is 23.9 Å². The van der Waals surface area contributed by atoms with Crippen LogP contribution in [0.4, 0.5) is 13.2 Å². The monoisotopic (exact) mass is 286 g/mol. The first-order valence-electron chi connectivity index (χ1n) is 6.56. The lowest BCUT2D eigenvalue weighted by atomic mass is 10.0. The zero-order valence-corrected chi connectivity index (χ0v) is 11.0. The van der Waals surface area contributed by atoms with Gasteiger partial charge in [-0.15, -0.1) is 0 Å². The Morgan fingerprint density at radius 3 is 2.70 bits per heavy atom. The summed E-state index contributed by atoms with van der Waals surface area (Å²) in [5.74, 6) is -0.295. The van der Waals surface area contributed by atoms with Gasteiger partial charge < -0.3 is 10.6 Å². The Morgan fingerprint density at radius 1 is 1.35 bits per heavy atom. The van der Waals surface area contributed by atoms with Crippen molar-refractivity contribution in [3.8, 4) is 0 Å². The first kappa shape index (κ1) is 14.8. The lowest BCUT2D eigenvalue weighted by Crippen LogP contribution is -2.46. The smallest absolute Gasteiger partial charge is 0.341 e. The minimum atomic E-state index is -4.44. The van der Waals surface area contributed by atoms with Crippen LogP contribution >= 0.6 is 0 Å². The second kappa shape index (κ2) is 5.83. The first-order chi connectivity index (χ1) is 9.38. The van der Waals surface area contributed by atoms with Crippen LogP contribution in [0.3, 0.4) is 0 Å². The topological polar surface area (TPSA) is 46.3 Å². The predicted molar refractivity (Wildman–Crippen MR) is 68.9 cm³/mol. The molecule has 3 nitrogen and oxygen atoms in total. The van der Waals surface area contributed by atoms with Gasteiger partial charge >= 0.3 is 6.18 Å². The van der Waals surface area contributed by atoms with Crippen LogP contribution in [0.15, 0.2) is 24.3 Å². The number of alkyl halides is 3. The number of amides is 1. The largest absolute Gasteiger partial charge is 0.416 e. The van der Waals surface area contributed by atoms with Crippen molar-refractivity contribution < 1.29 is 18.0 Å². The van der Waals surface area contributed by atoms with Crippen LogP contribution in [0.5, 0.6) is 0 Å². The molecule has 0 bridgehead atoms. The fraction of sp³-hybridized carbons (Fsp3) is 0.500. The molecule has 110 valence electrons. The Kier molecular flexibility index (Phi) is 4.32. The Bertz CT molecular complexity index is 488. The van der Waals surface area contributed by atoms with Crippen molar-refractivity contribution in [3.63, 3.8) is 0 Å². The molecule has 0 aliphatic carbocycles. The molecule has 1 aliphatic heterocycles. The third kappa shape index (κ3) is 3.50. The summed E-state index contributed by atoms with van der Waals surface area (Å²) in [6, 6.07) is 5.12. The van der Waals surface area contributed by atoms with Crippen LogP contribution in [0.1, 0.15) is 24.0 Å². The summed E-state index contributed by atoms with van der Waals surface area (Å²) in [6.07, 6.45) is -3.02. The molecule has 1 heterocycles. The molecule has 1 aromatic carbocycles. The van der Waals surface area contributed by atoms with Crippen LogP contribution in [0.25, 0.3) is 0 Å². The average molecular weight is 286 g/mol. The molecule has 2 rings (SSSR count). The van der Waals surface area contributed by atoms with Crippen molar-refractivity contribution >= 4 is 5.91 Å². The molecular formula is C14H17F3N2O. The summed E-state index contributed by atoms with van der Waals surface area (Å²) in [6.45, 7) is 0.994. The van der Waals surface area contributed by atoms with Crippen molar-refractivity contribution in [1.29, 1.82) is 0 Å². The molecule has 0 saturated carbocycles. The van der Waals surface area contributed by atoms with E-state index in [2.05, 4.69) is 0 Å². The molecule has 0 unspecified atom stereocenters. The van der Waals surface area contributed by atoms with Crippen LogP contribution in [-0.2, 0) is 17.4 Å². The summed E-state index contributed by atoms with van der Waals surface area (Å²) in [5, 5.41) is 0. The average Bonchev–Trinajstić information content (AvgIpc) is 2.38. The first-order valence-corrected chi connectivity index (χ1v) is 6.56. The van der Waals surface area contributed by atoms with Gasteiger partial charge in [0.15, 0.2) is 0 Å². The molecule has 1 saturated heterocycles. The molecule has 1 amide bonds.